The molecule has 0 saturated heterocycles. The maximum Gasteiger partial charge on any atom is 0.332 e. The van der Waals surface area contributed by atoms with Gasteiger partial charge >= 0.3 is 5.97 Å². The number of aromatic nitrogens is 1. The highest BCUT2D eigenvalue weighted by atomic mass is 127. The summed E-state index contributed by atoms with van der Waals surface area (Å²) in [5.41, 5.74) is 8.04. The molecule has 0 unspecified atom stereocenters. The molecule has 0 aliphatic rings. The van der Waals surface area contributed by atoms with Gasteiger partial charge in [-0.1, -0.05) is 0 Å². The minimum Gasteiger partial charge on any atom is -0.393 e. The predicted molar refractivity (Wildman–Crippen MR) is 53.9 cm³/mol. The monoisotopic (exact) mass is 298 g/mol. The lowest BCUT2D eigenvalue weighted by molar-refractivity contribution is -0.132. The van der Waals surface area contributed by atoms with Crippen LogP contribution in [-0.4, -0.2) is 17.0 Å². The summed E-state index contributed by atoms with van der Waals surface area (Å²) in [4.78, 5) is 14.9. The Balaban J connectivity index is 2.47. The zero-order chi connectivity index (χ0) is 8.97. The molecular formula is C6H7IN2O2S. The fraction of sp³-hybridized carbons (Fsp3) is 0.333. The Labute approximate surface area is 87.8 Å². The first-order chi connectivity index (χ1) is 5.74. The minimum atomic E-state index is -0.607. The van der Waals surface area contributed by atoms with Crippen LogP contribution in [0.1, 0.15) is 5.69 Å². The second-order valence-electron chi connectivity index (χ2n) is 2.19. The molecule has 6 heteroatoms. The molecule has 0 radical (unpaired) electrons. The van der Waals surface area contributed by atoms with Gasteiger partial charge in [0.15, 0.2) is 23.0 Å². The van der Waals surface area contributed by atoms with Crippen molar-refractivity contribution in [1.82, 2.24) is 4.98 Å². The van der Waals surface area contributed by atoms with Crippen LogP contribution in [0.15, 0.2) is 10.9 Å². The van der Waals surface area contributed by atoms with Crippen molar-refractivity contribution in [3.63, 3.8) is 0 Å². The Hall–Kier alpha value is -0.210. The third-order valence-electron chi connectivity index (χ3n) is 1.29. The lowest BCUT2D eigenvalue weighted by Crippen LogP contribution is -2.32. The standard InChI is InChI=1S/C6H7IN2O2S/c7-11-6(10)5(8)1-4-2-12-3-9-4/h2-3,5H,1,8H2/t5-/m0/s1. The van der Waals surface area contributed by atoms with Crippen LogP contribution in [0.5, 0.6) is 0 Å². The molecule has 0 bridgehead atoms. The molecule has 0 amide bonds. The number of thiazole rings is 1. The highest BCUT2D eigenvalue weighted by molar-refractivity contribution is 14.1. The molecule has 0 aliphatic heterocycles. The largest absolute Gasteiger partial charge is 0.393 e. The zero-order valence-electron chi connectivity index (χ0n) is 6.07. The Morgan fingerprint density at radius 3 is 3.17 bits per heavy atom. The molecule has 0 saturated carbocycles. The van der Waals surface area contributed by atoms with E-state index in [2.05, 4.69) is 8.05 Å². The van der Waals surface area contributed by atoms with Gasteiger partial charge in [0.25, 0.3) is 0 Å². The molecule has 1 heterocycles. The molecule has 2 N–H and O–H groups in total. The molecule has 1 aromatic heterocycles. The van der Waals surface area contributed by atoms with E-state index in [-0.39, 0.29) is 0 Å². The van der Waals surface area contributed by atoms with Gasteiger partial charge in [-0.15, -0.1) is 11.3 Å². The van der Waals surface area contributed by atoms with Gasteiger partial charge in [0.05, 0.1) is 11.2 Å². The first kappa shape index (κ1) is 9.87. The molecular weight excluding hydrogens is 291 g/mol. The Kier molecular flexibility index (Phi) is 3.89. The summed E-state index contributed by atoms with van der Waals surface area (Å²) in [5, 5.41) is 1.86. The van der Waals surface area contributed by atoms with Crippen molar-refractivity contribution in [2.75, 3.05) is 0 Å². The number of rotatable bonds is 3. The maximum absolute atomic E-state index is 10.9. The van der Waals surface area contributed by atoms with E-state index in [1.807, 2.05) is 5.38 Å². The zero-order valence-corrected chi connectivity index (χ0v) is 9.04. The van der Waals surface area contributed by atoms with Crippen LogP contribution >= 0.6 is 34.3 Å². The van der Waals surface area contributed by atoms with E-state index in [1.54, 1.807) is 5.51 Å². The molecule has 1 atom stereocenters. The summed E-state index contributed by atoms with van der Waals surface area (Å²) in [5.74, 6) is -0.413. The smallest absolute Gasteiger partial charge is 0.332 e. The summed E-state index contributed by atoms with van der Waals surface area (Å²) >= 11 is 3.00. The van der Waals surface area contributed by atoms with Crippen molar-refractivity contribution in [3.05, 3.63) is 16.6 Å². The second-order valence-corrected chi connectivity index (χ2v) is 3.35. The van der Waals surface area contributed by atoms with E-state index in [0.717, 1.165) is 5.69 Å². The molecule has 0 aromatic carbocycles. The fourth-order valence-electron chi connectivity index (χ4n) is 0.704. The quantitative estimate of drug-likeness (QED) is 0.842. The highest BCUT2D eigenvalue weighted by Crippen LogP contribution is 2.05. The lowest BCUT2D eigenvalue weighted by atomic mass is 10.2. The van der Waals surface area contributed by atoms with E-state index in [4.69, 9.17) is 5.73 Å². The third kappa shape index (κ3) is 2.68. The maximum atomic E-state index is 10.9. The molecule has 66 valence electrons. The van der Waals surface area contributed by atoms with Gasteiger partial charge in [0.2, 0.25) is 0 Å². The van der Waals surface area contributed by atoms with Crippen LogP contribution in [0, 0.1) is 0 Å². The molecule has 4 nitrogen and oxygen atoms in total. The van der Waals surface area contributed by atoms with Crippen molar-refractivity contribution in [1.29, 1.82) is 0 Å². The second kappa shape index (κ2) is 4.73. The van der Waals surface area contributed by atoms with Gasteiger partial charge < -0.3 is 8.80 Å². The van der Waals surface area contributed by atoms with E-state index in [1.165, 1.54) is 34.3 Å². The molecule has 12 heavy (non-hydrogen) atoms. The Morgan fingerprint density at radius 2 is 2.67 bits per heavy atom. The summed E-state index contributed by atoms with van der Waals surface area (Å²) in [6.45, 7) is 0. The van der Waals surface area contributed by atoms with Crippen LogP contribution in [0.3, 0.4) is 0 Å². The van der Waals surface area contributed by atoms with Crippen LogP contribution < -0.4 is 5.73 Å². The first-order valence-electron chi connectivity index (χ1n) is 3.19. The molecule has 0 aliphatic carbocycles. The van der Waals surface area contributed by atoms with Crippen molar-refractivity contribution >= 4 is 40.3 Å². The van der Waals surface area contributed by atoms with Gasteiger partial charge in [-0.3, -0.25) is 0 Å². The Morgan fingerprint density at radius 1 is 1.92 bits per heavy atom. The van der Waals surface area contributed by atoms with Crippen LogP contribution in [0.25, 0.3) is 0 Å². The van der Waals surface area contributed by atoms with Gasteiger partial charge in [0, 0.05) is 11.8 Å². The van der Waals surface area contributed by atoms with E-state index in [0.29, 0.717) is 6.42 Å². The number of carbonyl (C=O) groups is 1. The summed E-state index contributed by atoms with van der Waals surface area (Å²) < 4.78 is 4.44. The van der Waals surface area contributed by atoms with Gasteiger partial charge in [-0.05, 0) is 0 Å². The van der Waals surface area contributed by atoms with Gasteiger partial charge in [-0.2, -0.15) is 0 Å². The van der Waals surface area contributed by atoms with E-state index >= 15 is 0 Å². The van der Waals surface area contributed by atoms with Crippen LogP contribution in [0.2, 0.25) is 0 Å². The fourth-order valence-corrected chi connectivity index (χ4v) is 1.60. The number of carbonyl (C=O) groups excluding carboxylic acids is 1. The normalized spacial score (nSPS) is 12.5. The summed E-state index contributed by atoms with van der Waals surface area (Å²) in [6, 6.07) is -0.607. The van der Waals surface area contributed by atoms with E-state index in [9.17, 15) is 4.79 Å². The van der Waals surface area contributed by atoms with Crippen LogP contribution in [-0.2, 0) is 14.3 Å². The average molecular weight is 298 g/mol. The Bertz CT molecular complexity index is 252. The SMILES string of the molecule is N[C@@H](Cc1cscn1)C(=O)OI. The van der Waals surface area contributed by atoms with Crippen molar-refractivity contribution < 1.29 is 7.86 Å². The number of hydrogen-bond acceptors (Lipinski definition) is 5. The highest BCUT2D eigenvalue weighted by Gasteiger charge is 2.15. The van der Waals surface area contributed by atoms with Gasteiger partial charge in [-0.25, -0.2) is 9.78 Å². The van der Waals surface area contributed by atoms with Crippen molar-refractivity contribution in [2.45, 2.75) is 12.5 Å². The summed E-state index contributed by atoms with van der Waals surface area (Å²) in [7, 11) is 0. The lowest BCUT2D eigenvalue weighted by Gasteiger charge is -2.04. The molecule has 1 aromatic rings. The predicted octanol–water partition coefficient (Wildman–Crippen LogP) is 0.906. The number of nitrogens with zero attached hydrogens (tertiary/aromatic N) is 1. The molecule has 1 rings (SSSR count). The average Bonchev–Trinajstić information content (AvgIpc) is 2.55. The van der Waals surface area contributed by atoms with Crippen molar-refractivity contribution in [2.24, 2.45) is 5.73 Å². The number of nitrogens with two attached hydrogens (primary N) is 1. The molecule has 0 fully saturated rings. The topological polar surface area (TPSA) is 65.2 Å². The molecule has 0 spiro atoms. The first-order valence-corrected chi connectivity index (χ1v) is 5.01. The third-order valence-corrected chi connectivity index (χ3v) is 2.36. The van der Waals surface area contributed by atoms with Gasteiger partial charge in [0.1, 0.15) is 6.04 Å². The van der Waals surface area contributed by atoms with Crippen molar-refractivity contribution in [3.8, 4) is 0 Å². The van der Waals surface area contributed by atoms with Crippen LogP contribution in [0.4, 0.5) is 0 Å². The number of hydrogen-bond donors (Lipinski definition) is 1. The number of halogens is 1. The minimum absolute atomic E-state index is 0.413. The van der Waals surface area contributed by atoms with E-state index < -0.39 is 12.0 Å². The summed E-state index contributed by atoms with van der Waals surface area (Å²) in [6.07, 6.45) is 0.436.